The van der Waals surface area contributed by atoms with Crippen molar-refractivity contribution in [2.45, 2.75) is 50.2 Å². The van der Waals surface area contributed by atoms with Gasteiger partial charge in [-0.15, -0.1) is 0 Å². The number of unbranched alkanes of at least 4 members (excludes halogenated alkanes) is 1. The molecule has 0 saturated heterocycles. The molecular formula is C27H29N3O4S. The molecule has 0 spiro atoms. The minimum absolute atomic E-state index is 0.00175. The van der Waals surface area contributed by atoms with Crippen LogP contribution in [0, 0.1) is 0 Å². The van der Waals surface area contributed by atoms with Crippen molar-refractivity contribution in [2.24, 2.45) is 5.14 Å². The lowest BCUT2D eigenvalue weighted by Crippen LogP contribution is -2.14. The molecule has 35 heavy (non-hydrogen) atoms. The number of nitrogens with two attached hydrogens (primary N) is 1. The van der Waals surface area contributed by atoms with Gasteiger partial charge in [-0.1, -0.05) is 74.0 Å². The second kappa shape index (κ2) is 10.8. The van der Waals surface area contributed by atoms with E-state index in [1.807, 2.05) is 65.2 Å². The van der Waals surface area contributed by atoms with Crippen LogP contribution in [0.4, 0.5) is 0 Å². The summed E-state index contributed by atoms with van der Waals surface area (Å²) in [5.41, 5.74) is 3.37. The van der Waals surface area contributed by atoms with Gasteiger partial charge in [-0.05, 0) is 35.7 Å². The second-order valence-electron chi connectivity index (χ2n) is 8.47. The highest BCUT2D eigenvalue weighted by molar-refractivity contribution is 7.89. The third kappa shape index (κ3) is 5.96. The molecule has 7 nitrogen and oxygen atoms in total. The average Bonchev–Trinajstić information content (AvgIpc) is 3.22. The summed E-state index contributed by atoms with van der Waals surface area (Å²) in [6.45, 7) is 2.77. The van der Waals surface area contributed by atoms with E-state index in [4.69, 9.17) is 9.88 Å². The maximum atomic E-state index is 12.9. The molecule has 4 rings (SSSR count). The number of aryl methyl sites for hydroxylation is 1. The fourth-order valence-electron chi connectivity index (χ4n) is 4.18. The number of nitrogens with zero attached hydrogens (tertiary/aromatic N) is 2. The molecule has 0 unspecified atom stereocenters. The Morgan fingerprint density at radius 3 is 2.20 bits per heavy atom. The fraction of sp³-hybridized carbons (Fsp3) is 0.259. The van der Waals surface area contributed by atoms with Crippen molar-refractivity contribution in [3.63, 3.8) is 0 Å². The molecule has 3 aromatic carbocycles. The van der Waals surface area contributed by atoms with Crippen LogP contribution in [0.25, 0.3) is 11.0 Å². The van der Waals surface area contributed by atoms with Crippen molar-refractivity contribution in [1.82, 2.24) is 9.55 Å². The SMILES string of the molecule is CCCCn1c(COC(=O)CC(c2ccccc2)c2ccccc2)nc2cc(S(N)(=O)=O)ccc21. The van der Waals surface area contributed by atoms with Crippen LogP contribution >= 0.6 is 0 Å². The van der Waals surface area contributed by atoms with Gasteiger partial charge in [0.2, 0.25) is 10.0 Å². The first kappa shape index (κ1) is 24.6. The molecule has 8 heteroatoms. The highest BCUT2D eigenvalue weighted by Gasteiger charge is 2.21. The number of hydrogen-bond acceptors (Lipinski definition) is 5. The van der Waals surface area contributed by atoms with Gasteiger partial charge in [-0.3, -0.25) is 4.79 Å². The van der Waals surface area contributed by atoms with E-state index in [1.165, 1.54) is 12.1 Å². The number of benzene rings is 3. The van der Waals surface area contributed by atoms with E-state index in [9.17, 15) is 13.2 Å². The van der Waals surface area contributed by atoms with Crippen molar-refractivity contribution in [2.75, 3.05) is 0 Å². The van der Waals surface area contributed by atoms with E-state index in [0.717, 1.165) is 29.5 Å². The molecule has 2 N–H and O–H groups in total. The number of rotatable bonds is 10. The van der Waals surface area contributed by atoms with Crippen molar-refractivity contribution < 1.29 is 17.9 Å². The number of sulfonamides is 1. The molecule has 1 heterocycles. The molecule has 1 aromatic heterocycles. The number of aromatic nitrogens is 2. The first-order valence-corrected chi connectivity index (χ1v) is 13.2. The first-order chi connectivity index (χ1) is 16.9. The standard InChI is InChI=1S/C27H29N3O4S/c1-2-3-16-30-25-15-14-22(35(28,32)33)17-24(25)29-26(30)19-34-27(31)18-23(20-10-6-4-7-11-20)21-12-8-5-9-13-21/h4-15,17,23H,2-3,16,18-19H2,1H3,(H2,28,32,33). The summed E-state index contributed by atoms with van der Waals surface area (Å²) in [6.07, 6.45) is 2.08. The third-order valence-electron chi connectivity index (χ3n) is 6.00. The Balaban J connectivity index is 1.56. The van der Waals surface area contributed by atoms with Gasteiger partial charge in [-0.2, -0.15) is 0 Å². The molecule has 182 valence electrons. The van der Waals surface area contributed by atoms with E-state index in [2.05, 4.69) is 11.9 Å². The smallest absolute Gasteiger partial charge is 0.307 e. The molecule has 0 aliphatic carbocycles. The predicted molar refractivity (Wildman–Crippen MR) is 135 cm³/mol. The Labute approximate surface area is 205 Å². The largest absolute Gasteiger partial charge is 0.457 e. The van der Waals surface area contributed by atoms with Gasteiger partial charge in [0.25, 0.3) is 0 Å². The Morgan fingerprint density at radius 2 is 1.63 bits per heavy atom. The van der Waals surface area contributed by atoms with Crippen LogP contribution in [0.3, 0.4) is 0 Å². The highest BCUT2D eigenvalue weighted by atomic mass is 32.2. The van der Waals surface area contributed by atoms with E-state index in [-0.39, 0.29) is 29.8 Å². The summed E-state index contributed by atoms with van der Waals surface area (Å²) in [6, 6.07) is 24.4. The summed E-state index contributed by atoms with van der Waals surface area (Å²) in [4.78, 5) is 17.5. The van der Waals surface area contributed by atoms with Crippen molar-refractivity contribution in [3.8, 4) is 0 Å². The van der Waals surface area contributed by atoms with Gasteiger partial charge in [0.15, 0.2) is 0 Å². The molecule has 0 bridgehead atoms. The van der Waals surface area contributed by atoms with Crippen molar-refractivity contribution in [3.05, 3.63) is 95.8 Å². The van der Waals surface area contributed by atoms with E-state index in [1.54, 1.807) is 6.07 Å². The maximum Gasteiger partial charge on any atom is 0.307 e. The predicted octanol–water partition coefficient (Wildman–Crippen LogP) is 4.75. The maximum absolute atomic E-state index is 12.9. The summed E-state index contributed by atoms with van der Waals surface area (Å²) >= 11 is 0. The van der Waals surface area contributed by atoms with Gasteiger partial charge >= 0.3 is 5.97 Å². The third-order valence-corrected chi connectivity index (χ3v) is 6.91. The molecule has 0 amide bonds. The Morgan fingerprint density at radius 1 is 1.00 bits per heavy atom. The monoisotopic (exact) mass is 491 g/mol. The molecular weight excluding hydrogens is 462 g/mol. The minimum atomic E-state index is -3.84. The number of imidazole rings is 1. The number of carbonyl (C=O) groups excluding carboxylic acids is 1. The Bertz CT molecular complexity index is 1360. The van der Waals surface area contributed by atoms with Crippen LogP contribution in [0.1, 0.15) is 49.1 Å². The summed E-state index contributed by atoms with van der Waals surface area (Å²) in [5, 5.41) is 5.28. The molecule has 4 aromatic rings. The molecule has 0 aliphatic heterocycles. The van der Waals surface area contributed by atoms with Crippen LogP contribution in [-0.2, 0) is 32.7 Å². The number of fused-ring (bicyclic) bond motifs is 1. The zero-order valence-electron chi connectivity index (χ0n) is 19.6. The van der Waals surface area contributed by atoms with Crippen molar-refractivity contribution in [1.29, 1.82) is 0 Å². The molecule has 0 saturated carbocycles. The fourth-order valence-corrected chi connectivity index (χ4v) is 4.72. The minimum Gasteiger partial charge on any atom is -0.457 e. The summed E-state index contributed by atoms with van der Waals surface area (Å²) in [5.74, 6) is 0.118. The quantitative estimate of drug-likeness (QED) is 0.322. The van der Waals surface area contributed by atoms with Gasteiger partial charge < -0.3 is 9.30 Å². The van der Waals surface area contributed by atoms with Gasteiger partial charge in [0, 0.05) is 12.5 Å². The number of esters is 1. The molecule has 0 radical (unpaired) electrons. The first-order valence-electron chi connectivity index (χ1n) is 11.6. The van der Waals surface area contributed by atoms with E-state index in [0.29, 0.717) is 17.9 Å². The van der Waals surface area contributed by atoms with Crippen molar-refractivity contribution >= 4 is 27.0 Å². The van der Waals surface area contributed by atoms with Crippen LogP contribution in [0.5, 0.6) is 0 Å². The Kier molecular flexibility index (Phi) is 7.63. The highest BCUT2D eigenvalue weighted by Crippen LogP contribution is 2.28. The van der Waals surface area contributed by atoms with E-state index >= 15 is 0 Å². The van der Waals surface area contributed by atoms with Crippen LogP contribution in [-0.4, -0.2) is 23.9 Å². The lowest BCUT2D eigenvalue weighted by atomic mass is 9.89. The zero-order chi connectivity index (χ0) is 24.8. The van der Waals surface area contributed by atoms with Gasteiger partial charge in [0.1, 0.15) is 12.4 Å². The topological polar surface area (TPSA) is 104 Å². The normalized spacial score (nSPS) is 11.7. The lowest BCUT2D eigenvalue weighted by molar-refractivity contribution is -0.145. The summed E-state index contributed by atoms with van der Waals surface area (Å²) in [7, 11) is -3.84. The van der Waals surface area contributed by atoms with Crippen LogP contribution in [0.15, 0.2) is 83.8 Å². The molecule has 0 atom stereocenters. The van der Waals surface area contributed by atoms with Gasteiger partial charge in [0.05, 0.1) is 22.3 Å². The average molecular weight is 492 g/mol. The van der Waals surface area contributed by atoms with Gasteiger partial charge in [-0.25, -0.2) is 18.5 Å². The zero-order valence-corrected chi connectivity index (χ0v) is 20.4. The second-order valence-corrected chi connectivity index (χ2v) is 10.0. The number of ether oxygens (including phenoxy) is 1. The van der Waals surface area contributed by atoms with Crippen LogP contribution in [0.2, 0.25) is 0 Å². The Hall–Kier alpha value is -3.49. The lowest BCUT2D eigenvalue weighted by Gasteiger charge is -2.17. The molecule has 0 aliphatic rings. The number of carbonyl (C=O) groups is 1. The number of hydrogen-bond donors (Lipinski definition) is 1. The van der Waals surface area contributed by atoms with Crippen LogP contribution < -0.4 is 5.14 Å². The molecule has 0 fully saturated rings. The summed E-state index contributed by atoms with van der Waals surface area (Å²) < 4.78 is 31.2. The van der Waals surface area contributed by atoms with E-state index < -0.39 is 10.0 Å². The number of primary sulfonamides is 1.